The molecule has 2 unspecified atom stereocenters. The van der Waals surface area contributed by atoms with Crippen molar-refractivity contribution in [2.45, 2.75) is 37.6 Å². The van der Waals surface area contributed by atoms with Crippen LogP contribution in [0.25, 0.3) is 0 Å². The lowest BCUT2D eigenvalue weighted by atomic mass is 9.80. The summed E-state index contributed by atoms with van der Waals surface area (Å²) in [5.41, 5.74) is 7.36. The average molecular weight is 191 g/mol. The zero-order valence-corrected chi connectivity index (χ0v) is 8.32. The van der Waals surface area contributed by atoms with E-state index >= 15 is 0 Å². The summed E-state index contributed by atoms with van der Waals surface area (Å²) in [6, 6.07) is 7.78. The molecule has 0 aliphatic heterocycles. The molecule has 14 heavy (non-hydrogen) atoms. The molecule has 0 saturated heterocycles. The number of nitrogens with two attached hydrogens (primary N) is 1. The fourth-order valence-electron chi connectivity index (χ4n) is 2.29. The highest BCUT2D eigenvalue weighted by atomic mass is 16.3. The van der Waals surface area contributed by atoms with Crippen LogP contribution in [-0.2, 0) is 0 Å². The minimum atomic E-state index is 0.299. The van der Waals surface area contributed by atoms with Crippen LogP contribution in [0.2, 0.25) is 0 Å². The van der Waals surface area contributed by atoms with Crippen molar-refractivity contribution in [1.82, 2.24) is 0 Å². The number of phenols is 1. The van der Waals surface area contributed by atoms with Gasteiger partial charge in [-0.25, -0.2) is 0 Å². The molecule has 1 saturated carbocycles. The third-order valence-electron chi connectivity index (χ3n) is 3.14. The van der Waals surface area contributed by atoms with Crippen molar-refractivity contribution in [3.63, 3.8) is 0 Å². The first kappa shape index (κ1) is 9.53. The average Bonchev–Trinajstić information content (AvgIpc) is 2.20. The summed E-state index contributed by atoms with van der Waals surface area (Å²) in [6.07, 6.45) is 4.85. The Labute approximate surface area is 84.7 Å². The summed E-state index contributed by atoms with van der Waals surface area (Å²) in [4.78, 5) is 0. The molecule has 2 heteroatoms. The smallest absolute Gasteiger partial charge is 0.115 e. The van der Waals surface area contributed by atoms with Gasteiger partial charge in [-0.15, -0.1) is 0 Å². The summed E-state index contributed by atoms with van der Waals surface area (Å²) in [7, 11) is 0. The van der Waals surface area contributed by atoms with Gasteiger partial charge in [-0.2, -0.15) is 0 Å². The quantitative estimate of drug-likeness (QED) is 0.716. The molecule has 1 fully saturated rings. The summed E-state index contributed by atoms with van der Waals surface area (Å²) in [5.74, 6) is 0.822. The van der Waals surface area contributed by atoms with Crippen molar-refractivity contribution >= 4 is 0 Å². The van der Waals surface area contributed by atoms with E-state index in [1.165, 1.54) is 24.8 Å². The van der Waals surface area contributed by atoms with Gasteiger partial charge in [0, 0.05) is 6.04 Å². The monoisotopic (exact) mass is 191 g/mol. The Bertz CT molecular complexity index is 294. The molecule has 1 aliphatic carbocycles. The highest BCUT2D eigenvalue weighted by molar-refractivity contribution is 5.29. The number of hydrogen-bond donors (Lipinski definition) is 2. The predicted molar refractivity (Wildman–Crippen MR) is 57.3 cm³/mol. The van der Waals surface area contributed by atoms with Crippen molar-refractivity contribution < 1.29 is 5.11 Å². The van der Waals surface area contributed by atoms with Gasteiger partial charge in [0.05, 0.1) is 0 Å². The molecule has 0 bridgehead atoms. The summed E-state index contributed by atoms with van der Waals surface area (Å²) < 4.78 is 0. The second-order valence-electron chi connectivity index (χ2n) is 4.15. The Balaban J connectivity index is 2.16. The van der Waals surface area contributed by atoms with E-state index in [2.05, 4.69) is 0 Å². The van der Waals surface area contributed by atoms with E-state index in [4.69, 9.17) is 5.73 Å². The minimum Gasteiger partial charge on any atom is -0.508 e. The van der Waals surface area contributed by atoms with E-state index in [1.54, 1.807) is 12.1 Å². The van der Waals surface area contributed by atoms with Crippen molar-refractivity contribution in [3.8, 4) is 5.75 Å². The van der Waals surface area contributed by atoms with Crippen LogP contribution in [0.4, 0.5) is 0 Å². The lowest BCUT2D eigenvalue weighted by molar-refractivity contribution is 0.385. The predicted octanol–water partition coefficient (Wildman–Crippen LogP) is 2.38. The van der Waals surface area contributed by atoms with E-state index in [0.717, 1.165) is 6.42 Å². The first-order chi connectivity index (χ1) is 6.77. The number of hydrogen-bond acceptors (Lipinski definition) is 2. The Morgan fingerprint density at radius 2 is 1.71 bits per heavy atom. The molecule has 0 heterocycles. The highest BCUT2D eigenvalue weighted by Gasteiger charge is 2.22. The number of benzene rings is 1. The van der Waals surface area contributed by atoms with E-state index in [0.29, 0.717) is 17.7 Å². The molecule has 76 valence electrons. The van der Waals surface area contributed by atoms with Gasteiger partial charge in [0.1, 0.15) is 5.75 Å². The van der Waals surface area contributed by atoms with Gasteiger partial charge < -0.3 is 10.8 Å². The van der Waals surface area contributed by atoms with Crippen LogP contribution in [0, 0.1) is 0 Å². The Hall–Kier alpha value is -1.02. The molecule has 1 aromatic rings. The maximum absolute atomic E-state index is 9.19. The molecule has 1 aliphatic rings. The molecular weight excluding hydrogens is 174 g/mol. The van der Waals surface area contributed by atoms with E-state index in [9.17, 15) is 5.11 Å². The zero-order valence-electron chi connectivity index (χ0n) is 8.32. The Morgan fingerprint density at radius 3 is 2.36 bits per heavy atom. The summed E-state index contributed by atoms with van der Waals surface area (Å²) >= 11 is 0. The summed E-state index contributed by atoms with van der Waals surface area (Å²) in [5, 5.41) is 9.19. The fraction of sp³-hybridized carbons (Fsp3) is 0.500. The standard InChI is InChI=1S/C12H17NO/c13-12-4-2-1-3-11(12)9-5-7-10(14)8-6-9/h5-8,11-12,14H,1-4,13H2. The molecule has 0 spiro atoms. The van der Waals surface area contributed by atoms with Gasteiger partial charge >= 0.3 is 0 Å². The molecule has 0 aromatic heterocycles. The van der Waals surface area contributed by atoms with E-state index in [-0.39, 0.29) is 0 Å². The van der Waals surface area contributed by atoms with Gasteiger partial charge in [0.2, 0.25) is 0 Å². The number of aromatic hydroxyl groups is 1. The van der Waals surface area contributed by atoms with Crippen molar-refractivity contribution in [2.24, 2.45) is 5.73 Å². The van der Waals surface area contributed by atoms with Crippen LogP contribution < -0.4 is 5.73 Å². The molecule has 2 nitrogen and oxygen atoms in total. The van der Waals surface area contributed by atoms with E-state index in [1.807, 2.05) is 12.1 Å². The maximum Gasteiger partial charge on any atom is 0.115 e. The maximum atomic E-state index is 9.19. The zero-order chi connectivity index (χ0) is 9.97. The number of rotatable bonds is 1. The third-order valence-corrected chi connectivity index (χ3v) is 3.14. The van der Waals surface area contributed by atoms with Gasteiger partial charge in [-0.3, -0.25) is 0 Å². The van der Waals surface area contributed by atoms with Crippen molar-refractivity contribution in [1.29, 1.82) is 0 Å². The van der Waals surface area contributed by atoms with Crippen LogP contribution in [0.15, 0.2) is 24.3 Å². The van der Waals surface area contributed by atoms with Gasteiger partial charge in [-0.05, 0) is 36.5 Å². The second kappa shape index (κ2) is 4.01. The largest absolute Gasteiger partial charge is 0.508 e. The van der Waals surface area contributed by atoms with Gasteiger partial charge in [0.15, 0.2) is 0 Å². The molecule has 2 rings (SSSR count). The minimum absolute atomic E-state index is 0.299. The van der Waals surface area contributed by atoms with E-state index < -0.39 is 0 Å². The normalized spacial score (nSPS) is 27.5. The molecule has 0 radical (unpaired) electrons. The first-order valence-corrected chi connectivity index (χ1v) is 5.32. The van der Waals surface area contributed by atoms with Crippen molar-refractivity contribution in [2.75, 3.05) is 0 Å². The highest BCUT2D eigenvalue weighted by Crippen LogP contribution is 2.32. The first-order valence-electron chi connectivity index (χ1n) is 5.32. The van der Waals surface area contributed by atoms with Crippen LogP contribution >= 0.6 is 0 Å². The molecule has 0 amide bonds. The SMILES string of the molecule is NC1CCCCC1c1ccc(O)cc1. The molecule has 2 atom stereocenters. The Kier molecular flexibility index (Phi) is 2.73. The summed E-state index contributed by atoms with van der Waals surface area (Å²) in [6.45, 7) is 0. The van der Waals surface area contributed by atoms with Gasteiger partial charge in [0.25, 0.3) is 0 Å². The molecule has 3 N–H and O–H groups in total. The fourth-order valence-corrected chi connectivity index (χ4v) is 2.29. The molecule has 1 aromatic carbocycles. The van der Waals surface area contributed by atoms with Crippen LogP contribution in [0.1, 0.15) is 37.2 Å². The lowest BCUT2D eigenvalue weighted by Gasteiger charge is -2.28. The van der Waals surface area contributed by atoms with Crippen LogP contribution in [-0.4, -0.2) is 11.1 Å². The van der Waals surface area contributed by atoms with Gasteiger partial charge in [-0.1, -0.05) is 25.0 Å². The topological polar surface area (TPSA) is 46.2 Å². The Morgan fingerprint density at radius 1 is 1.07 bits per heavy atom. The second-order valence-corrected chi connectivity index (χ2v) is 4.15. The van der Waals surface area contributed by atoms with Crippen LogP contribution in [0.5, 0.6) is 5.75 Å². The van der Waals surface area contributed by atoms with Crippen molar-refractivity contribution in [3.05, 3.63) is 29.8 Å². The van der Waals surface area contributed by atoms with Crippen LogP contribution in [0.3, 0.4) is 0 Å². The third kappa shape index (κ3) is 1.90. The molecular formula is C12H17NO. The lowest BCUT2D eigenvalue weighted by Crippen LogP contribution is -2.31. The number of phenolic OH excluding ortho intramolecular Hbond substituents is 1.